The number of hydrogen-bond acceptors (Lipinski definition) is 5. The molecule has 0 saturated heterocycles. The van der Waals surface area contributed by atoms with Crippen molar-refractivity contribution in [3.63, 3.8) is 0 Å². The molecule has 0 amide bonds. The van der Waals surface area contributed by atoms with Crippen molar-refractivity contribution in [3.05, 3.63) is 0 Å². The summed E-state index contributed by atoms with van der Waals surface area (Å²) in [5.74, 6) is -1.82. The van der Waals surface area contributed by atoms with Crippen LogP contribution in [0, 0.1) is 0 Å². The Morgan fingerprint density at radius 2 is 0.660 bits per heavy atom. The molecule has 0 aromatic rings. The van der Waals surface area contributed by atoms with E-state index in [1.165, 1.54) is 77.0 Å². The summed E-state index contributed by atoms with van der Waals surface area (Å²) in [6.45, 7) is 10.1. The fraction of sp³-hybridized carbons (Fsp3) is 0.950. The first kappa shape index (κ1) is 45.8. The lowest BCUT2D eigenvalue weighted by molar-refractivity contribution is -0.173. The molecule has 0 rings (SSSR count). The zero-order valence-electron chi connectivity index (χ0n) is 31.6. The second-order valence-electron chi connectivity index (χ2n) is 14.0. The maximum Gasteiger partial charge on any atom is 0.336 e. The Hall–Kier alpha value is -1.18. The Morgan fingerprint density at radius 3 is 0.957 bits per heavy atom. The summed E-state index contributed by atoms with van der Waals surface area (Å²) >= 11 is 0. The zero-order chi connectivity index (χ0) is 34.9. The number of carboxylic acid groups (broad SMARTS) is 2. The van der Waals surface area contributed by atoms with E-state index in [0.29, 0.717) is 26.1 Å². The van der Waals surface area contributed by atoms with Crippen molar-refractivity contribution >= 4 is 11.9 Å². The van der Waals surface area contributed by atoms with Crippen LogP contribution in [0.4, 0.5) is 0 Å². The van der Waals surface area contributed by atoms with Gasteiger partial charge in [0.25, 0.3) is 0 Å². The predicted octanol–water partition coefficient (Wildman–Crippen LogP) is 11.7. The van der Waals surface area contributed by atoms with Crippen LogP contribution in [-0.4, -0.2) is 59.8 Å². The number of carbonyl (C=O) groups is 2. The van der Waals surface area contributed by atoms with Gasteiger partial charge < -0.3 is 24.4 Å². The van der Waals surface area contributed by atoms with Crippen LogP contribution in [0.2, 0.25) is 0 Å². The highest BCUT2D eigenvalue weighted by Gasteiger charge is 2.40. The van der Waals surface area contributed by atoms with E-state index in [2.05, 4.69) is 27.7 Å². The summed E-state index contributed by atoms with van der Waals surface area (Å²) < 4.78 is 18.4. The van der Waals surface area contributed by atoms with Crippen molar-refractivity contribution in [2.24, 2.45) is 0 Å². The maximum absolute atomic E-state index is 12.7. The summed E-state index contributed by atoms with van der Waals surface area (Å²) in [5.41, 5.74) is -2.52. The minimum atomic E-state index is -1.26. The highest BCUT2D eigenvalue weighted by Crippen LogP contribution is 2.29. The van der Waals surface area contributed by atoms with E-state index in [4.69, 9.17) is 14.2 Å². The van der Waals surface area contributed by atoms with E-state index in [9.17, 15) is 19.8 Å². The molecule has 0 saturated carbocycles. The van der Waals surface area contributed by atoms with Gasteiger partial charge in [0, 0.05) is 39.3 Å². The van der Waals surface area contributed by atoms with Gasteiger partial charge in [-0.25, -0.2) is 9.59 Å². The SMILES string of the molecule is CCCCCCCCOC(CCCCCCCC)(CCOCCC(CCCCCCCC)(OCCCCCCCC)C(=O)O)C(=O)O. The molecule has 0 fully saturated rings. The molecule has 7 heteroatoms. The molecular weight excluding hydrogens is 592 g/mol. The lowest BCUT2D eigenvalue weighted by Gasteiger charge is -2.31. The van der Waals surface area contributed by atoms with Gasteiger partial charge in [0.15, 0.2) is 11.2 Å². The molecule has 0 spiro atoms. The first-order valence-electron chi connectivity index (χ1n) is 20.2. The lowest BCUT2D eigenvalue weighted by atomic mass is 9.91. The molecule has 0 aliphatic rings. The number of carboxylic acids is 2. The van der Waals surface area contributed by atoms with Crippen LogP contribution in [-0.2, 0) is 23.8 Å². The first-order chi connectivity index (χ1) is 22.8. The van der Waals surface area contributed by atoms with Crippen LogP contribution in [0.5, 0.6) is 0 Å². The molecule has 2 N–H and O–H groups in total. The van der Waals surface area contributed by atoms with Gasteiger partial charge in [-0.2, -0.15) is 0 Å². The first-order valence-corrected chi connectivity index (χ1v) is 20.2. The van der Waals surface area contributed by atoms with Gasteiger partial charge in [0.1, 0.15) is 0 Å². The van der Waals surface area contributed by atoms with Crippen LogP contribution in [0.15, 0.2) is 0 Å². The highest BCUT2D eigenvalue weighted by atomic mass is 16.5. The second-order valence-corrected chi connectivity index (χ2v) is 14.0. The Bertz CT molecular complexity index is 657. The van der Waals surface area contributed by atoms with Gasteiger partial charge in [-0.1, -0.05) is 156 Å². The minimum absolute atomic E-state index is 0.225. The van der Waals surface area contributed by atoms with Crippen molar-refractivity contribution in [3.8, 4) is 0 Å². The molecule has 0 aromatic carbocycles. The number of hydrogen-bond donors (Lipinski definition) is 2. The Kier molecular flexibility index (Phi) is 31.2. The molecule has 0 aliphatic carbocycles. The zero-order valence-corrected chi connectivity index (χ0v) is 31.6. The third-order valence-electron chi connectivity index (χ3n) is 9.70. The quantitative estimate of drug-likeness (QED) is 0.0630. The number of aliphatic carboxylic acids is 2. The molecule has 280 valence electrons. The van der Waals surface area contributed by atoms with Crippen molar-refractivity contribution in [1.82, 2.24) is 0 Å². The summed E-state index contributed by atoms with van der Waals surface area (Å²) in [7, 11) is 0. The molecule has 0 heterocycles. The van der Waals surface area contributed by atoms with E-state index >= 15 is 0 Å². The van der Waals surface area contributed by atoms with Gasteiger partial charge in [-0.3, -0.25) is 0 Å². The van der Waals surface area contributed by atoms with Crippen LogP contribution in [0.1, 0.15) is 207 Å². The Morgan fingerprint density at radius 1 is 0.383 bits per heavy atom. The van der Waals surface area contributed by atoms with Crippen LogP contribution < -0.4 is 0 Å². The van der Waals surface area contributed by atoms with E-state index in [1.54, 1.807) is 0 Å². The lowest BCUT2D eigenvalue weighted by Crippen LogP contribution is -2.44. The number of rotatable bonds is 38. The summed E-state index contributed by atoms with van der Waals surface area (Å²) in [6, 6.07) is 0. The topological polar surface area (TPSA) is 102 Å². The predicted molar refractivity (Wildman–Crippen MR) is 195 cm³/mol. The second kappa shape index (κ2) is 32.0. The highest BCUT2D eigenvalue weighted by molar-refractivity contribution is 5.78. The van der Waals surface area contributed by atoms with Crippen molar-refractivity contribution < 1.29 is 34.0 Å². The third kappa shape index (κ3) is 23.8. The molecule has 47 heavy (non-hydrogen) atoms. The van der Waals surface area contributed by atoms with Crippen molar-refractivity contribution in [1.29, 1.82) is 0 Å². The van der Waals surface area contributed by atoms with Gasteiger partial charge in [-0.15, -0.1) is 0 Å². The molecule has 0 aromatic heterocycles. The number of ether oxygens (including phenoxy) is 3. The van der Waals surface area contributed by atoms with Crippen LogP contribution in [0.25, 0.3) is 0 Å². The van der Waals surface area contributed by atoms with E-state index in [0.717, 1.165) is 77.0 Å². The number of unbranched alkanes of at least 4 members (excludes halogenated alkanes) is 20. The fourth-order valence-electron chi connectivity index (χ4n) is 6.35. The monoisotopic (exact) mass is 671 g/mol. The third-order valence-corrected chi connectivity index (χ3v) is 9.70. The fourth-order valence-corrected chi connectivity index (χ4v) is 6.35. The van der Waals surface area contributed by atoms with Gasteiger partial charge in [-0.05, 0) is 38.5 Å². The van der Waals surface area contributed by atoms with Crippen molar-refractivity contribution in [2.45, 2.75) is 219 Å². The standard InChI is InChI=1S/C40H78O7/c1-5-9-13-17-21-25-29-39(37(41)42,46-33-27-23-19-15-11-7-3)31-35-45-36-32-40(38(43)44,30-26-22-18-14-10-6-2)47-34-28-24-20-16-12-8-4/h5-36H2,1-4H3,(H,41,42)(H,43,44). The Balaban J connectivity index is 5.22. The van der Waals surface area contributed by atoms with Gasteiger partial charge in [0.2, 0.25) is 0 Å². The van der Waals surface area contributed by atoms with E-state index < -0.39 is 23.1 Å². The summed E-state index contributed by atoms with van der Waals surface area (Å²) in [4.78, 5) is 25.3. The molecular formula is C40H78O7. The van der Waals surface area contributed by atoms with Crippen LogP contribution >= 0.6 is 0 Å². The summed E-state index contributed by atoms with van der Waals surface area (Å²) in [6.07, 6.45) is 28.0. The average Bonchev–Trinajstić information content (AvgIpc) is 3.05. The van der Waals surface area contributed by atoms with E-state index in [-0.39, 0.29) is 26.1 Å². The van der Waals surface area contributed by atoms with Gasteiger partial charge in [0.05, 0.1) is 0 Å². The largest absolute Gasteiger partial charge is 0.479 e. The van der Waals surface area contributed by atoms with Crippen molar-refractivity contribution in [2.75, 3.05) is 26.4 Å². The summed E-state index contributed by atoms with van der Waals surface area (Å²) in [5, 5.41) is 20.8. The average molecular weight is 671 g/mol. The molecule has 7 nitrogen and oxygen atoms in total. The molecule has 0 bridgehead atoms. The smallest absolute Gasteiger partial charge is 0.336 e. The molecule has 2 unspecified atom stereocenters. The van der Waals surface area contributed by atoms with Gasteiger partial charge >= 0.3 is 11.9 Å². The minimum Gasteiger partial charge on any atom is -0.479 e. The molecule has 0 radical (unpaired) electrons. The normalized spacial score (nSPS) is 14.2. The molecule has 0 aliphatic heterocycles. The maximum atomic E-state index is 12.7. The van der Waals surface area contributed by atoms with E-state index in [1.807, 2.05) is 0 Å². The Labute approximate surface area is 290 Å². The van der Waals surface area contributed by atoms with Crippen LogP contribution in [0.3, 0.4) is 0 Å². The molecule has 2 atom stereocenters.